The molecule has 1 aromatic heterocycles. The van der Waals surface area contributed by atoms with Crippen LogP contribution in [0.1, 0.15) is 45.4 Å². The molecule has 0 bridgehead atoms. The van der Waals surface area contributed by atoms with E-state index in [2.05, 4.69) is 29.1 Å². The number of anilines is 2. The summed E-state index contributed by atoms with van der Waals surface area (Å²) in [5.74, 6) is 1.92. The highest BCUT2D eigenvalue weighted by atomic mass is 16.5. The predicted molar refractivity (Wildman–Crippen MR) is 76.8 cm³/mol. The Morgan fingerprint density at radius 1 is 1.37 bits per heavy atom. The van der Waals surface area contributed by atoms with E-state index in [1.54, 1.807) is 13.2 Å². The zero-order valence-electron chi connectivity index (χ0n) is 12.1. The Morgan fingerprint density at radius 3 is 2.68 bits per heavy atom. The summed E-state index contributed by atoms with van der Waals surface area (Å²) < 4.78 is 5.05. The molecule has 2 rings (SSSR count). The van der Waals surface area contributed by atoms with E-state index in [0.29, 0.717) is 29.7 Å². The van der Waals surface area contributed by atoms with Gasteiger partial charge in [-0.1, -0.05) is 13.8 Å². The fourth-order valence-corrected chi connectivity index (χ4v) is 2.54. The molecular formula is C14H24N4O. The Hall–Kier alpha value is -1.36. The minimum absolute atomic E-state index is 0.386. The van der Waals surface area contributed by atoms with Crippen LogP contribution in [0.4, 0.5) is 11.6 Å². The van der Waals surface area contributed by atoms with Gasteiger partial charge in [-0.05, 0) is 31.1 Å². The van der Waals surface area contributed by atoms with Crippen LogP contribution in [0, 0.1) is 5.41 Å². The SMILES string of the molecule is COCc1nc(N)cc(NC2CCC(C)(C)CC2)n1. The minimum atomic E-state index is 0.386. The predicted octanol–water partition coefficient (Wildman–Crippen LogP) is 2.59. The second-order valence-electron chi connectivity index (χ2n) is 6.11. The molecule has 1 fully saturated rings. The van der Waals surface area contributed by atoms with Gasteiger partial charge in [0.15, 0.2) is 5.82 Å². The van der Waals surface area contributed by atoms with Gasteiger partial charge in [0.2, 0.25) is 0 Å². The third kappa shape index (κ3) is 4.06. The van der Waals surface area contributed by atoms with E-state index in [1.165, 1.54) is 25.7 Å². The molecule has 1 saturated carbocycles. The zero-order chi connectivity index (χ0) is 13.9. The van der Waals surface area contributed by atoms with Gasteiger partial charge in [-0.2, -0.15) is 0 Å². The summed E-state index contributed by atoms with van der Waals surface area (Å²) in [6.45, 7) is 5.06. The van der Waals surface area contributed by atoms with Gasteiger partial charge in [-0.3, -0.25) is 0 Å². The molecule has 0 aliphatic heterocycles. The molecule has 0 atom stereocenters. The van der Waals surface area contributed by atoms with E-state index in [4.69, 9.17) is 10.5 Å². The molecule has 0 unspecified atom stereocenters. The number of nitrogens with two attached hydrogens (primary N) is 1. The molecule has 5 nitrogen and oxygen atoms in total. The Labute approximate surface area is 115 Å². The maximum atomic E-state index is 5.79. The van der Waals surface area contributed by atoms with Gasteiger partial charge in [0, 0.05) is 19.2 Å². The number of ether oxygens (including phenoxy) is 1. The smallest absolute Gasteiger partial charge is 0.158 e. The summed E-state index contributed by atoms with van der Waals surface area (Å²) >= 11 is 0. The number of aromatic nitrogens is 2. The number of nitrogens with zero attached hydrogens (tertiary/aromatic N) is 2. The fourth-order valence-electron chi connectivity index (χ4n) is 2.54. The van der Waals surface area contributed by atoms with Crippen LogP contribution in [0.5, 0.6) is 0 Å². The molecule has 0 saturated heterocycles. The lowest BCUT2D eigenvalue weighted by atomic mass is 9.75. The Balaban J connectivity index is 1.99. The third-order valence-electron chi connectivity index (χ3n) is 3.76. The first-order valence-corrected chi connectivity index (χ1v) is 6.87. The van der Waals surface area contributed by atoms with Crippen molar-refractivity contribution < 1.29 is 4.74 Å². The molecule has 106 valence electrons. The number of nitrogens with one attached hydrogen (secondary N) is 1. The van der Waals surface area contributed by atoms with Crippen molar-refractivity contribution in [2.75, 3.05) is 18.2 Å². The van der Waals surface area contributed by atoms with Crippen LogP contribution in [0.3, 0.4) is 0 Å². The zero-order valence-corrected chi connectivity index (χ0v) is 12.1. The van der Waals surface area contributed by atoms with Crippen LogP contribution in [0.15, 0.2) is 6.07 Å². The summed E-state index contributed by atoms with van der Waals surface area (Å²) in [4.78, 5) is 8.57. The van der Waals surface area contributed by atoms with Crippen LogP contribution in [0.2, 0.25) is 0 Å². The number of rotatable bonds is 4. The van der Waals surface area contributed by atoms with E-state index in [9.17, 15) is 0 Å². The average molecular weight is 264 g/mol. The molecule has 5 heteroatoms. The number of methoxy groups -OCH3 is 1. The molecule has 1 aliphatic rings. The molecular weight excluding hydrogens is 240 g/mol. The van der Waals surface area contributed by atoms with Crippen molar-refractivity contribution in [1.82, 2.24) is 9.97 Å². The fraction of sp³-hybridized carbons (Fsp3) is 0.714. The normalized spacial score (nSPS) is 19.3. The highest BCUT2D eigenvalue weighted by Gasteiger charge is 2.26. The third-order valence-corrected chi connectivity index (χ3v) is 3.76. The molecule has 19 heavy (non-hydrogen) atoms. The first-order chi connectivity index (χ1) is 8.98. The van der Waals surface area contributed by atoms with E-state index in [-0.39, 0.29) is 0 Å². The first kappa shape index (κ1) is 14.1. The number of hydrogen-bond donors (Lipinski definition) is 2. The van der Waals surface area contributed by atoms with E-state index in [1.807, 2.05) is 0 Å². The van der Waals surface area contributed by atoms with Gasteiger partial charge >= 0.3 is 0 Å². The molecule has 1 heterocycles. The van der Waals surface area contributed by atoms with Crippen molar-refractivity contribution in [3.63, 3.8) is 0 Å². The highest BCUT2D eigenvalue weighted by molar-refractivity contribution is 5.45. The van der Waals surface area contributed by atoms with Crippen molar-refractivity contribution in [2.45, 2.75) is 52.2 Å². The van der Waals surface area contributed by atoms with E-state index >= 15 is 0 Å². The van der Waals surface area contributed by atoms with Gasteiger partial charge < -0.3 is 15.8 Å². The largest absolute Gasteiger partial charge is 0.384 e. The van der Waals surface area contributed by atoms with Gasteiger partial charge in [0.05, 0.1) is 0 Å². The van der Waals surface area contributed by atoms with E-state index in [0.717, 1.165) is 5.82 Å². The lowest BCUT2D eigenvalue weighted by molar-refractivity contribution is 0.178. The van der Waals surface area contributed by atoms with Crippen molar-refractivity contribution in [2.24, 2.45) is 5.41 Å². The molecule has 0 amide bonds. The van der Waals surface area contributed by atoms with Crippen molar-refractivity contribution in [3.8, 4) is 0 Å². The molecule has 3 N–H and O–H groups in total. The quantitative estimate of drug-likeness (QED) is 0.874. The van der Waals surface area contributed by atoms with Crippen LogP contribution in [0.25, 0.3) is 0 Å². The average Bonchev–Trinajstić information content (AvgIpc) is 2.32. The number of nitrogen functional groups attached to an aromatic ring is 1. The molecule has 1 aromatic rings. The van der Waals surface area contributed by atoms with Crippen molar-refractivity contribution >= 4 is 11.6 Å². The standard InChI is InChI=1S/C14H24N4O/c1-14(2)6-4-10(5-7-14)16-12-8-11(15)17-13(18-12)9-19-3/h8,10H,4-7,9H2,1-3H3,(H3,15,16,17,18). The number of hydrogen-bond acceptors (Lipinski definition) is 5. The Morgan fingerprint density at radius 2 is 2.05 bits per heavy atom. The van der Waals surface area contributed by atoms with Crippen molar-refractivity contribution in [1.29, 1.82) is 0 Å². The Bertz CT molecular complexity index is 423. The lowest BCUT2D eigenvalue weighted by Gasteiger charge is -2.34. The molecule has 0 spiro atoms. The summed E-state index contributed by atoms with van der Waals surface area (Å²) in [7, 11) is 1.63. The summed E-state index contributed by atoms with van der Waals surface area (Å²) in [5, 5.41) is 3.47. The second-order valence-corrected chi connectivity index (χ2v) is 6.11. The topological polar surface area (TPSA) is 73.1 Å². The van der Waals surface area contributed by atoms with Gasteiger partial charge in [-0.25, -0.2) is 9.97 Å². The van der Waals surface area contributed by atoms with Crippen LogP contribution < -0.4 is 11.1 Å². The first-order valence-electron chi connectivity index (χ1n) is 6.87. The highest BCUT2D eigenvalue weighted by Crippen LogP contribution is 2.35. The Kier molecular flexibility index (Phi) is 4.24. The summed E-state index contributed by atoms with van der Waals surface area (Å²) in [5.41, 5.74) is 6.27. The van der Waals surface area contributed by atoms with E-state index < -0.39 is 0 Å². The lowest BCUT2D eigenvalue weighted by Crippen LogP contribution is -2.30. The van der Waals surface area contributed by atoms with Crippen molar-refractivity contribution in [3.05, 3.63) is 11.9 Å². The maximum absolute atomic E-state index is 5.79. The van der Waals surface area contributed by atoms with Gasteiger partial charge in [0.25, 0.3) is 0 Å². The molecule has 0 aromatic carbocycles. The maximum Gasteiger partial charge on any atom is 0.158 e. The van der Waals surface area contributed by atoms with Crippen LogP contribution in [-0.4, -0.2) is 23.1 Å². The van der Waals surface area contributed by atoms with Gasteiger partial charge in [0.1, 0.15) is 18.2 Å². The van der Waals surface area contributed by atoms with Gasteiger partial charge in [-0.15, -0.1) is 0 Å². The molecule has 1 aliphatic carbocycles. The summed E-state index contributed by atoms with van der Waals surface area (Å²) in [6.07, 6.45) is 4.85. The summed E-state index contributed by atoms with van der Waals surface area (Å²) in [6, 6.07) is 2.27. The molecule has 0 radical (unpaired) electrons. The minimum Gasteiger partial charge on any atom is -0.384 e. The van der Waals surface area contributed by atoms with Crippen LogP contribution >= 0.6 is 0 Å². The monoisotopic (exact) mass is 264 g/mol. The van der Waals surface area contributed by atoms with Crippen LogP contribution in [-0.2, 0) is 11.3 Å². The second kappa shape index (κ2) is 5.74.